The van der Waals surface area contributed by atoms with Gasteiger partial charge in [0.25, 0.3) is 5.56 Å². The monoisotopic (exact) mass is 300 g/mol. The molecule has 21 heavy (non-hydrogen) atoms. The minimum atomic E-state index is -2.07. The number of hydrogen-bond acceptors (Lipinski definition) is 5. The summed E-state index contributed by atoms with van der Waals surface area (Å²) >= 11 is 0. The first kappa shape index (κ1) is 15.6. The molecular formula is C13H17FN2O5. The highest BCUT2D eigenvalue weighted by atomic mass is 19.1. The third-order valence-electron chi connectivity index (χ3n) is 3.36. The lowest BCUT2D eigenvalue weighted by molar-refractivity contribution is -0.0614. The molecule has 7 nitrogen and oxygen atoms in total. The average Bonchev–Trinajstić information content (AvgIpc) is 2.67. The van der Waals surface area contributed by atoms with E-state index in [0.717, 1.165) is 16.8 Å². The van der Waals surface area contributed by atoms with E-state index < -0.39 is 42.0 Å². The molecule has 1 aromatic heterocycles. The third kappa shape index (κ3) is 2.82. The Hall–Kier alpha value is -1.77. The molecule has 116 valence electrons. The van der Waals surface area contributed by atoms with E-state index in [-0.39, 0.29) is 6.61 Å². The van der Waals surface area contributed by atoms with Gasteiger partial charge in [0.2, 0.25) is 0 Å². The van der Waals surface area contributed by atoms with Gasteiger partial charge in [0.1, 0.15) is 12.2 Å². The fourth-order valence-corrected chi connectivity index (χ4v) is 2.40. The number of rotatable bonds is 5. The van der Waals surface area contributed by atoms with Crippen LogP contribution in [-0.4, -0.2) is 45.7 Å². The van der Waals surface area contributed by atoms with Crippen molar-refractivity contribution in [3.8, 4) is 0 Å². The van der Waals surface area contributed by atoms with Crippen LogP contribution in [0.5, 0.6) is 0 Å². The molecular weight excluding hydrogens is 283 g/mol. The van der Waals surface area contributed by atoms with Crippen LogP contribution in [0.25, 0.3) is 0 Å². The zero-order valence-corrected chi connectivity index (χ0v) is 11.5. The summed E-state index contributed by atoms with van der Waals surface area (Å²) in [5, 5.41) is 9.30. The van der Waals surface area contributed by atoms with Gasteiger partial charge in [-0.15, -0.1) is 6.58 Å². The van der Waals surface area contributed by atoms with E-state index in [1.807, 2.05) is 4.98 Å². The average molecular weight is 300 g/mol. The van der Waals surface area contributed by atoms with Gasteiger partial charge in [0.15, 0.2) is 11.9 Å². The SMILES string of the molecule is C=CCO[C@@H]1[C@@H](CO)O[C@@H](n2ccc(=O)[nH]c2=O)[C@]1(C)F. The molecule has 0 aliphatic carbocycles. The van der Waals surface area contributed by atoms with Gasteiger partial charge in [0, 0.05) is 12.3 Å². The van der Waals surface area contributed by atoms with Gasteiger partial charge in [-0.05, 0) is 6.92 Å². The summed E-state index contributed by atoms with van der Waals surface area (Å²) in [6.45, 7) is 4.31. The van der Waals surface area contributed by atoms with E-state index in [9.17, 15) is 14.7 Å². The number of aliphatic hydroxyl groups is 1. The van der Waals surface area contributed by atoms with Gasteiger partial charge in [-0.25, -0.2) is 9.18 Å². The summed E-state index contributed by atoms with van der Waals surface area (Å²) < 4.78 is 26.7. The molecule has 1 aliphatic rings. The van der Waals surface area contributed by atoms with Gasteiger partial charge in [-0.2, -0.15) is 0 Å². The Bertz CT molecular complexity index is 623. The Morgan fingerprint density at radius 3 is 2.95 bits per heavy atom. The van der Waals surface area contributed by atoms with Crippen LogP contribution < -0.4 is 11.2 Å². The van der Waals surface area contributed by atoms with Crippen LogP contribution in [0.1, 0.15) is 13.2 Å². The number of alkyl halides is 1. The molecule has 0 bridgehead atoms. The molecule has 0 aromatic carbocycles. The van der Waals surface area contributed by atoms with Crippen LogP contribution in [0.4, 0.5) is 4.39 Å². The Kier molecular flexibility index (Phi) is 4.40. The summed E-state index contributed by atoms with van der Waals surface area (Å²) in [7, 11) is 0. The summed E-state index contributed by atoms with van der Waals surface area (Å²) in [6.07, 6.45) is -0.709. The van der Waals surface area contributed by atoms with E-state index in [0.29, 0.717) is 0 Å². The number of halogens is 1. The van der Waals surface area contributed by atoms with E-state index in [4.69, 9.17) is 9.47 Å². The van der Waals surface area contributed by atoms with Crippen LogP contribution in [0, 0.1) is 0 Å². The Morgan fingerprint density at radius 1 is 1.67 bits per heavy atom. The van der Waals surface area contributed by atoms with Crippen molar-refractivity contribution in [2.45, 2.75) is 31.0 Å². The first-order valence-corrected chi connectivity index (χ1v) is 6.41. The Morgan fingerprint density at radius 2 is 2.38 bits per heavy atom. The predicted molar refractivity (Wildman–Crippen MR) is 71.8 cm³/mol. The second-order valence-electron chi connectivity index (χ2n) is 4.92. The largest absolute Gasteiger partial charge is 0.394 e. The van der Waals surface area contributed by atoms with Crippen molar-refractivity contribution in [3.05, 3.63) is 45.8 Å². The highest BCUT2D eigenvalue weighted by molar-refractivity contribution is 5.02. The Labute approximate surface area is 119 Å². The fraction of sp³-hybridized carbons (Fsp3) is 0.538. The van der Waals surface area contributed by atoms with Crippen LogP contribution in [0.15, 0.2) is 34.5 Å². The van der Waals surface area contributed by atoms with Gasteiger partial charge in [-0.3, -0.25) is 14.3 Å². The summed E-state index contributed by atoms with van der Waals surface area (Å²) in [5.41, 5.74) is -3.45. The molecule has 1 saturated heterocycles. The first-order valence-electron chi connectivity index (χ1n) is 6.41. The van der Waals surface area contributed by atoms with E-state index in [1.165, 1.54) is 13.0 Å². The minimum Gasteiger partial charge on any atom is -0.394 e. The highest BCUT2D eigenvalue weighted by Gasteiger charge is 2.56. The molecule has 2 N–H and O–H groups in total. The lowest BCUT2D eigenvalue weighted by atomic mass is 9.98. The maximum atomic E-state index is 15.0. The number of aliphatic hydroxyl groups excluding tert-OH is 1. The number of nitrogens with one attached hydrogen (secondary N) is 1. The summed E-state index contributed by atoms with van der Waals surface area (Å²) in [5.74, 6) is 0. The molecule has 0 unspecified atom stereocenters. The number of aromatic amines is 1. The van der Waals surface area contributed by atoms with Crippen molar-refractivity contribution in [2.75, 3.05) is 13.2 Å². The van der Waals surface area contributed by atoms with E-state index in [2.05, 4.69) is 6.58 Å². The predicted octanol–water partition coefficient (Wildman–Crippen LogP) is -0.274. The number of ether oxygens (including phenoxy) is 2. The topological polar surface area (TPSA) is 93.5 Å². The van der Waals surface area contributed by atoms with Gasteiger partial charge >= 0.3 is 5.69 Å². The highest BCUT2D eigenvalue weighted by Crippen LogP contribution is 2.42. The summed E-state index contributed by atoms with van der Waals surface area (Å²) in [6, 6.07) is 1.09. The van der Waals surface area contributed by atoms with Crippen LogP contribution in [0.3, 0.4) is 0 Å². The maximum Gasteiger partial charge on any atom is 0.330 e. The molecule has 0 amide bonds. The van der Waals surface area contributed by atoms with Gasteiger partial charge in [-0.1, -0.05) is 6.08 Å². The van der Waals surface area contributed by atoms with Crippen molar-refractivity contribution in [1.82, 2.24) is 9.55 Å². The maximum absolute atomic E-state index is 15.0. The van der Waals surface area contributed by atoms with Crippen LogP contribution in [0.2, 0.25) is 0 Å². The van der Waals surface area contributed by atoms with Gasteiger partial charge in [0.05, 0.1) is 13.2 Å². The molecule has 2 rings (SSSR count). The second kappa shape index (κ2) is 5.92. The van der Waals surface area contributed by atoms with Crippen molar-refractivity contribution in [2.24, 2.45) is 0 Å². The normalized spacial score (nSPS) is 32.2. The first-order chi connectivity index (χ1) is 9.91. The zero-order chi connectivity index (χ0) is 15.6. The number of nitrogens with zero attached hydrogens (tertiary/aromatic N) is 1. The van der Waals surface area contributed by atoms with Crippen LogP contribution >= 0.6 is 0 Å². The standard InChI is InChI=1S/C13H17FN2O5/c1-3-6-20-10-8(7-17)21-11(13(10,2)14)16-5-4-9(18)15-12(16)19/h3-5,8,10-11,17H,1,6-7H2,2H3,(H,15,18,19)/t8-,10-,11-,13-/m1/s1. The number of H-pyrrole nitrogens is 1. The molecule has 1 aliphatic heterocycles. The van der Waals surface area contributed by atoms with E-state index >= 15 is 4.39 Å². The molecule has 0 spiro atoms. The van der Waals surface area contributed by atoms with Crippen molar-refractivity contribution in [3.63, 3.8) is 0 Å². The minimum absolute atomic E-state index is 0.0806. The molecule has 1 aromatic rings. The fourth-order valence-electron chi connectivity index (χ4n) is 2.40. The zero-order valence-electron chi connectivity index (χ0n) is 11.5. The third-order valence-corrected chi connectivity index (χ3v) is 3.36. The van der Waals surface area contributed by atoms with Crippen molar-refractivity contribution in [1.29, 1.82) is 0 Å². The molecule has 0 radical (unpaired) electrons. The van der Waals surface area contributed by atoms with Crippen molar-refractivity contribution >= 4 is 0 Å². The molecule has 4 atom stereocenters. The molecule has 0 saturated carbocycles. The van der Waals surface area contributed by atoms with Crippen molar-refractivity contribution < 1.29 is 19.0 Å². The number of hydrogen-bond donors (Lipinski definition) is 2. The van der Waals surface area contributed by atoms with E-state index in [1.54, 1.807) is 0 Å². The Balaban J connectivity index is 2.38. The van der Waals surface area contributed by atoms with Gasteiger partial charge < -0.3 is 14.6 Å². The lowest BCUT2D eigenvalue weighted by Gasteiger charge is -2.27. The lowest BCUT2D eigenvalue weighted by Crippen LogP contribution is -2.45. The molecule has 1 fully saturated rings. The van der Waals surface area contributed by atoms with Crippen LogP contribution in [-0.2, 0) is 9.47 Å². The quantitative estimate of drug-likeness (QED) is 0.730. The molecule has 2 heterocycles. The smallest absolute Gasteiger partial charge is 0.330 e. The number of aromatic nitrogens is 2. The summed E-state index contributed by atoms with van der Waals surface area (Å²) in [4.78, 5) is 24.9. The molecule has 8 heteroatoms. The second-order valence-corrected chi connectivity index (χ2v) is 4.92.